The number of benzene rings is 2. The van der Waals surface area contributed by atoms with Gasteiger partial charge >= 0.3 is 0 Å². The third-order valence-electron chi connectivity index (χ3n) is 4.72. The Kier molecular flexibility index (Phi) is 4.70. The second-order valence-corrected chi connectivity index (χ2v) is 6.63. The second kappa shape index (κ2) is 7.28. The highest BCUT2D eigenvalue weighted by molar-refractivity contribution is 5.76. The van der Waals surface area contributed by atoms with E-state index >= 15 is 0 Å². The molecule has 0 N–H and O–H groups in total. The van der Waals surface area contributed by atoms with E-state index in [0.29, 0.717) is 6.61 Å². The zero-order valence-corrected chi connectivity index (χ0v) is 14.6. The number of aryl methyl sites for hydroxylation is 2. The molecular formula is C21H24N2O2. The first-order chi connectivity index (χ1) is 12.3. The van der Waals surface area contributed by atoms with Gasteiger partial charge in [0.2, 0.25) is 0 Å². The maximum atomic E-state index is 5.88. The fourth-order valence-corrected chi connectivity index (χ4v) is 3.40. The fourth-order valence-electron chi connectivity index (χ4n) is 3.40. The SMILES string of the molecule is Cc1ccc(OCCCn2c(C3CCCO3)nc3ccccc32)cc1. The number of ether oxygens (including phenoxy) is 2. The van der Waals surface area contributed by atoms with Crippen LogP contribution in [0, 0.1) is 6.92 Å². The minimum absolute atomic E-state index is 0.130. The molecule has 0 saturated carbocycles. The molecule has 3 aromatic rings. The molecule has 0 radical (unpaired) electrons. The summed E-state index contributed by atoms with van der Waals surface area (Å²) in [6, 6.07) is 16.5. The van der Waals surface area contributed by atoms with Crippen molar-refractivity contribution in [2.24, 2.45) is 0 Å². The van der Waals surface area contributed by atoms with Crippen molar-refractivity contribution in [3.05, 3.63) is 59.9 Å². The summed E-state index contributed by atoms with van der Waals surface area (Å²) in [4.78, 5) is 4.84. The lowest BCUT2D eigenvalue weighted by Gasteiger charge is -2.14. The van der Waals surface area contributed by atoms with Crippen LogP contribution in [0.15, 0.2) is 48.5 Å². The molecule has 4 nitrogen and oxygen atoms in total. The van der Waals surface area contributed by atoms with Crippen LogP contribution in [0.5, 0.6) is 5.75 Å². The highest BCUT2D eigenvalue weighted by Crippen LogP contribution is 2.30. The summed E-state index contributed by atoms with van der Waals surface area (Å²) in [6.45, 7) is 4.51. The van der Waals surface area contributed by atoms with Gasteiger partial charge in [-0.25, -0.2) is 4.98 Å². The van der Waals surface area contributed by atoms with Crippen LogP contribution >= 0.6 is 0 Å². The molecule has 130 valence electrons. The van der Waals surface area contributed by atoms with E-state index in [1.807, 2.05) is 18.2 Å². The molecule has 1 unspecified atom stereocenters. The maximum absolute atomic E-state index is 5.88. The smallest absolute Gasteiger partial charge is 0.139 e. The van der Waals surface area contributed by atoms with Crippen molar-refractivity contribution in [1.29, 1.82) is 0 Å². The monoisotopic (exact) mass is 336 g/mol. The van der Waals surface area contributed by atoms with Gasteiger partial charge in [0, 0.05) is 13.2 Å². The largest absolute Gasteiger partial charge is 0.494 e. The van der Waals surface area contributed by atoms with Gasteiger partial charge < -0.3 is 14.0 Å². The Balaban J connectivity index is 1.46. The van der Waals surface area contributed by atoms with Gasteiger partial charge in [0.05, 0.1) is 17.6 Å². The van der Waals surface area contributed by atoms with E-state index in [1.54, 1.807) is 0 Å². The van der Waals surface area contributed by atoms with Gasteiger partial charge in [0.15, 0.2) is 0 Å². The first-order valence-electron chi connectivity index (χ1n) is 9.07. The molecule has 0 amide bonds. The maximum Gasteiger partial charge on any atom is 0.139 e. The van der Waals surface area contributed by atoms with Crippen LogP contribution in [0.25, 0.3) is 11.0 Å². The number of para-hydroxylation sites is 2. The van der Waals surface area contributed by atoms with Crippen molar-refractivity contribution in [3.8, 4) is 5.75 Å². The minimum atomic E-state index is 0.130. The molecule has 1 aliphatic rings. The second-order valence-electron chi connectivity index (χ2n) is 6.63. The van der Waals surface area contributed by atoms with Crippen molar-refractivity contribution in [1.82, 2.24) is 9.55 Å². The Morgan fingerprint density at radius 3 is 2.80 bits per heavy atom. The summed E-state index contributed by atoms with van der Waals surface area (Å²) in [6.07, 6.45) is 3.24. The number of fused-ring (bicyclic) bond motifs is 1. The average molecular weight is 336 g/mol. The normalized spacial score (nSPS) is 17.2. The Labute approximate surface area is 148 Å². The Morgan fingerprint density at radius 2 is 2.00 bits per heavy atom. The number of hydrogen-bond acceptors (Lipinski definition) is 3. The molecule has 4 heteroatoms. The highest BCUT2D eigenvalue weighted by Gasteiger charge is 2.24. The summed E-state index contributed by atoms with van der Waals surface area (Å²) in [7, 11) is 0. The van der Waals surface area contributed by atoms with Crippen LogP contribution in [0.1, 0.15) is 36.8 Å². The number of aromatic nitrogens is 2. The molecule has 0 aliphatic carbocycles. The number of nitrogens with zero attached hydrogens (tertiary/aromatic N) is 2. The first kappa shape index (κ1) is 16.2. The summed E-state index contributed by atoms with van der Waals surface area (Å²) < 4.78 is 14.1. The van der Waals surface area contributed by atoms with E-state index < -0.39 is 0 Å². The van der Waals surface area contributed by atoms with Crippen molar-refractivity contribution in [3.63, 3.8) is 0 Å². The van der Waals surface area contributed by atoms with E-state index in [1.165, 1.54) is 11.1 Å². The molecule has 1 fully saturated rings. The van der Waals surface area contributed by atoms with E-state index in [2.05, 4.69) is 41.8 Å². The van der Waals surface area contributed by atoms with Gasteiger partial charge in [-0.15, -0.1) is 0 Å². The lowest BCUT2D eigenvalue weighted by Crippen LogP contribution is -2.11. The molecule has 0 bridgehead atoms. The number of hydrogen-bond donors (Lipinski definition) is 0. The van der Waals surface area contributed by atoms with Crippen molar-refractivity contribution in [2.45, 2.75) is 38.8 Å². The molecule has 1 saturated heterocycles. The summed E-state index contributed by atoms with van der Waals surface area (Å²) in [5.41, 5.74) is 3.48. The van der Waals surface area contributed by atoms with Crippen molar-refractivity contribution >= 4 is 11.0 Å². The third kappa shape index (κ3) is 3.54. The predicted molar refractivity (Wildman–Crippen MR) is 99.0 cm³/mol. The van der Waals surface area contributed by atoms with E-state index in [9.17, 15) is 0 Å². The molecular weight excluding hydrogens is 312 g/mol. The zero-order chi connectivity index (χ0) is 17.1. The lowest BCUT2D eigenvalue weighted by molar-refractivity contribution is 0.102. The molecule has 1 aliphatic heterocycles. The van der Waals surface area contributed by atoms with Gasteiger partial charge in [0.1, 0.15) is 17.7 Å². The van der Waals surface area contributed by atoms with E-state index in [0.717, 1.165) is 49.5 Å². The molecule has 1 atom stereocenters. The molecule has 2 aromatic carbocycles. The molecule has 1 aromatic heterocycles. The summed E-state index contributed by atoms with van der Waals surface area (Å²) in [5, 5.41) is 0. The van der Waals surface area contributed by atoms with Crippen LogP contribution in [0.2, 0.25) is 0 Å². The van der Waals surface area contributed by atoms with Gasteiger partial charge in [0.25, 0.3) is 0 Å². The quantitative estimate of drug-likeness (QED) is 0.614. The Bertz CT molecular complexity index is 833. The van der Waals surface area contributed by atoms with Crippen LogP contribution < -0.4 is 4.74 Å². The zero-order valence-electron chi connectivity index (χ0n) is 14.6. The van der Waals surface area contributed by atoms with Crippen LogP contribution in [-0.4, -0.2) is 22.8 Å². The van der Waals surface area contributed by atoms with Gasteiger partial charge in [-0.2, -0.15) is 0 Å². The summed E-state index contributed by atoms with van der Waals surface area (Å²) in [5.74, 6) is 1.99. The average Bonchev–Trinajstić information content (AvgIpc) is 3.28. The topological polar surface area (TPSA) is 36.3 Å². The Hall–Kier alpha value is -2.33. The first-order valence-corrected chi connectivity index (χ1v) is 9.07. The molecule has 25 heavy (non-hydrogen) atoms. The van der Waals surface area contributed by atoms with Crippen LogP contribution in [0.3, 0.4) is 0 Å². The Morgan fingerprint density at radius 1 is 1.16 bits per heavy atom. The fraction of sp³-hybridized carbons (Fsp3) is 0.381. The highest BCUT2D eigenvalue weighted by atomic mass is 16.5. The van der Waals surface area contributed by atoms with Gasteiger partial charge in [-0.1, -0.05) is 29.8 Å². The predicted octanol–water partition coefficient (Wildman–Crippen LogP) is 4.67. The van der Waals surface area contributed by atoms with Crippen LogP contribution in [0.4, 0.5) is 0 Å². The molecule has 4 rings (SSSR count). The van der Waals surface area contributed by atoms with Crippen molar-refractivity contribution in [2.75, 3.05) is 13.2 Å². The number of imidazole rings is 1. The number of rotatable bonds is 6. The standard InChI is InChI=1S/C21H24N2O2/c1-16-9-11-17(12-10-16)24-15-5-13-23-19-7-3-2-6-18(19)22-21(23)20-8-4-14-25-20/h2-3,6-7,9-12,20H,4-5,8,13-15H2,1H3. The van der Waals surface area contributed by atoms with Crippen LogP contribution in [-0.2, 0) is 11.3 Å². The summed E-state index contributed by atoms with van der Waals surface area (Å²) >= 11 is 0. The minimum Gasteiger partial charge on any atom is -0.494 e. The van der Waals surface area contributed by atoms with Gasteiger partial charge in [-0.3, -0.25) is 0 Å². The third-order valence-corrected chi connectivity index (χ3v) is 4.72. The molecule has 0 spiro atoms. The molecule has 2 heterocycles. The van der Waals surface area contributed by atoms with Crippen molar-refractivity contribution < 1.29 is 9.47 Å². The van der Waals surface area contributed by atoms with E-state index in [-0.39, 0.29) is 6.10 Å². The van der Waals surface area contributed by atoms with Gasteiger partial charge in [-0.05, 0) is 50.5 Å². The lowest BCUT2D eigenvalue weighted by atomic mass is 10.2. The van der Waals surface area contributed by atoms with E-state index in [4.69, 9.17) is 14.5 Å².